The molecule has 5 nitrogen and oxygen atoms in total. The molecule has 0 bridgehead atoms. The lowest BCUT2D eigenvalue weighted by Crippen LogP contribution is -2.32. The van der Waals surface area contributed by atoms with Crippen LogP contribution in [0.25, 0.3) is 0 Å². The second kappa shape index (κ2) is 7.55. The van der Waals surface area contributed by atoms with E-state index in [1.165, 1.54) is 0 Å². The lowest BCUT2D eigenvalue weighted by molar-refractivity contribution is -0.120. The van der Waals surface area contributed by atoms with Crippen molar-refractivity contribution in [2.24, 2.45) is 0 Å². The molecule has 0 amide bonds. The van der Waals surface area contributed by atoms with Crippen molar-refractivity contribution in [3.05, 3.63) is 17.5 Å². The van der Waals surface area contributed by atoms with Crippen molar-refractivity contribution in [3.63, 3.8) is 0 Å². The number of aryl methyl sites for hydroxylation is 2. The Morgan fingerprint density at radius 2 is 2.25 bits per heavy atom. The fourth-order valence-corrected chi connectivity index (χ4v) is 2.61. The molecule has 1 saturated heterocycles. The first-order valence-corrected chi connectivity index (χ1v) is 7.56. The lowest BCUT2D eigenvalue weighted by Gasteiger charge is -2.22. The van der Waals surface area contributed by atoms with Crippen LogP contribution in [-0.2, 0) is 22.5 Å². The number of hydrogen-bond acceptors (Lipinski definition) is 4. The molecule has 1 aliphatic heterocycles. The molecular formula is C15H25N3O2. The summed E-state index contributed by atoms with van der Waals surface area (Å²) in [5, 5.41) is 7.67. The number of ketones is 1. The van der Waals surface area contributed by atoms with Crippen LogP contribution in [0.4, 0.5) is 0 Å². The molecule has 0 unspecified atom stereocenters. The van der Waals surface area contributed by atoms with Crippen molar-refractivity contribution < 1.29 is 9.53 Å². The molecule has 0 spiro atoms. The van der Waals surface area contributed by atoms with Crippen molar-refractivity contribution in [3.8, 4) is 0 Å². The third-order valence-electron chi connectivity index (χ3n) is 3.68. The zero-order valence-electron chi connectivity index (χ0n) is 12.5. The predicted octanol–water partition coefficient (Wildman–Crippen LogP) is 1.48. The summed E-state index contributed by atoms with van der Waals surface area (Å²) in [7, 11) is 0. The Morgan fingerprint density at radius 1 is 1.50 bits per heavy atom. The number of piperidine rings is 1. The Balaban J connectivity index is 1.71. The summed E-state index contributed by atoms with van der Waals surface area (Å²) in [6.07, 6.45) is 3.39. The van der Waals surface area contributed by atoms with Crippen LogP contribution in [0, 0.1) is 6.92 Å². The van der Waals surface area contributed by atoms with Crippen LogP contribution in [0.2, 0.25) is 0 Å². The van der Waals surface area contributed by atoms with Gasteiger partial charge in [0.25, 0.3) is 0 Å². The minimum absolute atomic E-state index is 0.230. The van der Waals surface area contributed by atoms with Gasteiger partial charge < -0.3 is 10.1 Å². The topological polar surface area (TPSA) is 56.2 Å². The summed E-state index contributed by atoms with van der Waals surface area (Å²) in [5.74, 6) is 0.230. The van der Waals surface area contributed by atoms with Gasteiger partial charge in [0.15, 0.2) is 0 Å². The molecule has 5 heteroatoms. The number of aromatic nitrogens is 2. The molecule has 112 valence electrons. The number of rotatable bonds is 7. The number of carbonyl (C=O) groups excluding carboxylic acids is 1. The average molecular weight is 279 g/mol. The number of Topliss-reactive ketones (excluding diaryl/α,β-unsaturated/α-hetero) is 1. The second-order valence-electron chi connectivity index (χ2n) is 5.38. The molecular weight excluding hydrogens is 254 g/mol. The maximum atomic E-state index is 12.0. The molecule has 1 aromatic rings. The first-order chi connectivity index (χ1) is 9.69. The molecule has 1 N–H and O–H groups in total. The van der Waals surface area contributed by atoms with E-state index >= 15 is 0 Å². The van der Waals surface area contributed by atoms with E-state index in [0.717, 1.165) is 43.9 Å². The van der Waals surface area contributed by atoms with E-state index in [1.807, 2.05) is 24.6 Å². The van der Waals surface area contributed by atoms with Gasteiger partial charge in [0.2, 0.25) is 0 Å². The fraction of sp³-hybridized carbons (Fsp3) is 0.733. The first kappa shape index (κ1) is 15.2. The van der Waals surface area contributed by atoms with Crippen LogP contribution in [0.5, 0.6) is 0 Å². The standard InChI is InChI=1S/C15H25N3O2/c1-3-18-13(10-12(2)17-18)11-14(19)6-9-20-15-4-7-16-8-5-15/h10,15-16H,3-9,11H2,1-2H3. The summed E-state index contributed by atoms with van der Waals surface area (Å²) in [6.45, 7) is 7.40. The maximum absolute atomic E-state index is 12.0. The summed E-state index contributed by atoms with van der Waals surface area (Å²) < 4.78 is 7.67. The Kier molecular flexibility index (Phi) is 5.73. The van der Waals surface area contributed by atoms with E-state index in [1.54, 1.807) is 0 Å². The van der Waals surface area contributed by atoms with Crippen molar-refractivity contribution in [1.82, 2.24) is 15.1 Å². The predicted molar refractivity (Wildman–Crippen MR) is 77.8 cm³/mol. The molecule has 2 heterocycles. The first-order valence-electron chi connectivity index (χ1n) is 7.56. The number of nitrogens with one attached hydrogen (secondary N) is 1. The zero-order valence-corrected chi connectivity index (χ0v) is 12.5. The Labute approximate surface area is 120 Å². The van der Waals surface area contributed by atoms with E-state index in [4.69, 9.17) is 4.74 Å². The largest absolute Gasteiger partial charge is 0.378 e. The number of ether oxygens (including phenoxy) is 1. The minimum Gasteiger partial charge on any atom is -0.378 e. The summed E-state index contributed by atoms with van der Waals surface area (Å²) in [5.41, 5.74) is 1.98. The van der Waals surface area contributed by atoms with Gasteiger partial charge in [0.1, 0.15) is 5.78 Å². The van der Waals surface area contributed by atoms with Gasteiger partial charge >= 0.3 is 0 Å². The smallest absolute Gasteiger partial charge is 0.141 e. The summed E-state index contributed by atoms with van der Waals surface area (Å²) in [4.78, 5) is 12.0. The zero-order chi connectivity index (χ0) is 14.4. The molecule has 20 heavy (non-hydrogen) atoms. The van der Waals surface area contributed by atoms with Gasteiger partial charge in [-0.25, -0.2) is 0 Å². The van der Waals surface area contributed by atoms with Gasteiger partial charge in [0, 0.05) is 25.1 Å². The van der Waals surface area contributed by atoms with E-state index in [2.05, 4.69) is 10.4 Å². The molecule has 0 aromatic carbocycles. The van der Waals surface area contributed by atoms with Crippen LogP contribution in [0.1, 0.15) is 37.6 Å². The molecule has 0 atom stereocenters. The van der Waals surface area contributed by atoms with E-state index in [-0.39, 0.29) is 5.78 Å². The third kappa shape index (κ3) is 4.42. The molecule has 0 radical (unpaired) electrons. The van der Waals surface area contributed by atoms with Crippen LogP contribution in [0.15, 0.2) is 6.07 Å². The monoisotopic (exact) mass is 279 g/mol. The van der Waals surface area contributed by atoms with Crippen molar-refractivity contribution in [1.29, 1.82) is 0 Å². The Hall–Kier alpha value is -1.20. The molecule has 1 fully saturated rings. The van der Waals surface area contributed by atoms with Crippen molar-refractivity contribution >= 4 is 5.78 Å². The van der Waals surface area contributed by atoms with E-state index in [0.29, 0.717) is 25.6 Å². The normalized spacial score (nSPS) is 16.5. The minimum atomic E-state index is 0.230. The molecule has 0 aliphatic carbocycles. The van der Waals surface area contributed by atoms with Gasteiger partial charge in [0.05, 0.1) is 18.4 Å². The van der Waals surface area contributed by atoms with Crippen molar-refractivity contribution in [2.75, 3.05) is 19.7 Å². The highest BCUT2D eigenvalue weighted by Crippen LogP contribution is 2.09. The van der Waals surface area contributed by atoms with Gasteiger partial charge in [-0.05, 0) is 45.8 Å². The number of carbonyl (C=O) groups is 1. The van der Waals surface area contributed by atoms with Crippen LogP contribution in [0.3, 0.4) is 0 Å². The molecule has 1 aromatic heterocycles. The van der Waals surface area contributed by atoms with Crippen LogP contribution >= 0.6 is 0 Å². The van der Waals surface area contributed by atoms with Crippen LogP contribution in [-0.4, -0.2) is 41.4 Å². The van der Waals surface area contributed by atoms with Crippen molar-refractivity contribution in [2.45, 2.75) is 52.2 Å². The number of hydrogen-bond donors (Lipinski definition) is 1. The molecule has 2 rings (SSSR count). The fourth-order valence-electron chi connectivity index (χ4n) is 2.61. The Morgan fingerprint density at radius 3 is 2.95 bits per heavy atom. The average Bonchev–Trinajstić information content (AvgIpc) is 2.80. The summed E-state index contributed by atoms with van der Waals surface area (Å²) in [6, 6.07) is 2.00. The SMILES string of the molecule is CCn1nc(C)cc1CC(=O)CCOC1CCNCC1. The van der Waals surface area contributed by atoms with Gasteiger partial charge in [-0.2, -0.15) is 5.10 Å². The lowest BCUT2D eigenvalue weighted by atomic mass is 10.1. The van der Waals surface area contributed by atoms with Crippen LogP contribution < -0.4 is 5.32 Å². The quantitative estimate of drug-likeness (QED) is 0.821. The molecule has 1 aliphatic rings. The van der Waals surface area contributed by atoms with E-state index in [9.17, 15) is 4.79 Å². The van der Waals surface area contributed by atoms with Gasteiger partial charge in [-0.3, -0.25) is 9.48 Å². The van der Waals surface area contributed by atoms with Gasteiger partial charge in [-0.15, -0.1) is 0 Å². The van der Waals surface area contributed by atoms with Gasteiger partial charge in [-0.1, -0.05) is 0 Å². The maximum Gasteiger partial charge on any atom is 0.141 e. The summed E-state index contributed by atoms with van der Waals surface area (Å²) >= 11 is 0. The Bertz CT molecular complexity index is 436. The highest BCUT2D eigenvalue weighted by Gasteiger charge is 2.14. The van der Waals surface area contributed by atoms with E-state index < -0.39 is 0 Å². The second-order valence-corrected chi connectivity index (χ2v) is 5.38. The number of nitrogens with zero attached hydrogens (tertiary/aromatic N) is 2. The highest BCUT2D eigenvalue weighted by molar-refractivity contribution is 5.80. The molecule has 0 saturated carbocycles. The third-order valence-corrected chi connectivity index (χ3v) is 3.68. The highest BCUT2D eigenvalue weighted by atomic mass is 16.5.